The molecule has 6 nitrogen and oxygen atoms in total. The first-order valence-corrected chi connectivity index (χ1v) is 4.98. The Bertz CT molecular complexity index is 337. The summed E-state index contributed by atoms with van der Waals surface area (Å²) in [7, 11) is 0. The van der Waals surface area contributed by atoms with Gasteiger partial charge >= 0.3 is 5.95 Å². The lowest BCUT2D eigenvalue weighted by molar-refractivity contribution is -0.397. The minimum Gasteiger partial charge on any atom is -0.390 e. The molecule has 0 saturated carbocycles. The van der Waals surface area contributed by atoms with Gasteiger partial charge in [-0.05, 0) is 9.01 Å². The van der Waals surface area contributed by atoms with E-state index in [-0.39, 0.29) is 12.7 Å². The van der Waals surface area contributed by atoms with E-state index in [0.717, 1.165) is 0 Å². The Hall–Kier alpha value is -0.960. The van der Waals surface area contributed by atoms with E-state index >= 15 is 0 Å². The molecule has 0 saturated heterocycles. The fraction of sp³-hybridized carbons (Fsp3) is 0.286. The summed E-state index contributed by atoms with van der Waals surface area (Å²) in [6.45, 7) is 0.565. The number of hydrogen-bond donors (Lipinski definition) is 0. The zero-order valence-corrected chi connectivity index (χ0v) is 9.33. The maximum atomic E-state index is 10.4. The standard InChI is InChI=1S/C7H8IN3O3/c8-2-1-5-14-6-10-4-3-9-7(10)11(12)13/h1-4H,5-6H2/b2-1+/i8-2. The molecule has 14 heavy (non-hydrogen) atoms. The second-order valence-corrected chi connectivity index (χ2v) is 3.03. The van der Waals surface area contributed by atoms with Crippen molar-refractivity contribution in [3.8, 4) is 0 Å². The first-order valence-electron chi connectivity index (χ1n) is 3.74. The molecule has 0 spiro atoms. The van der Waals surface area contributed by atoms with Crippen LogP contribution in [0.3, 0.4) is 0 Å². The zero-order valence-electron chi connectivity index (χ0n) is 7.17. The summed E-state index contributed by atoms with van der Waals surface area (Å²) in [5, 5.41) is 10.4. The van der Waals surface area contributed by atoms with Crippen molar-refractivity contribution in [1.29, 1.82) is 0 Å². The number of imidazole rings is 1. The molecule has 1 aromatic heterocycles. The second kappa shape index (κ2) is 5.70. The quantitative estimate of drug-likeness (QED) is 0.359. The molecule has 0 aromatic carbocycles. The predicted molar refractivity (Wildman–Crippen MR) is 58.0 cm³/mol. The number of nitrogens with zero attached hydrogens (tertiary/aromatic N) is 3. The number of rotatable bonds is 5. The van der Waals surface area contributed by atoms with Gasteiger partial charge in [-0.2, -0.15) is 0 Å². The van der Waals surface area contributed by atoms with Crippen molar-refractivity contribution in [2.75, 3.05) is 6.61 Å². The number of hydrogen-bond acceptors (Lipinski definition) is 4. The van der Waals surface area contributed by atoms with Crippen LogP contribution in [0.25, 0.3) is 0 Å². The van der Waals surface area contributed by atoms with Gasteiger partial charge in [0.15, 0.2) is 6.73 Å². The molecule has 0 fully saturated rings. The molecule has 0 aliphatic carbocycles. The van der Waals surface area contributed by atoms with Crippen molar-refractivity contribution in [3.63, 3.8) is 0 Å². The summed E-state index contributed by atoms with van der Waals surface area (Å²) in [6, 6.07) is 0. The first-order chi connectivity index (χ1) is 6.75. The van der Waals surface area contributed by atoms with Gasteiger partial charge in [0.05, 0.1) is 6.61 Å². The topological polar surface area (TPSA) is 70.2 Å². The maximum absolute atomic E-state index is 10.4. The lowest BCUT2D eigenvalue weighted by Crippen LogP contribution is -2.05. The third-order valence-electron chi connectivity index (χ3n) is 1.39. The summed E-state index contributed by atoms with van der Waals surface area (Å²) in [6.07, 6.45) is 4.69. The highest BCUT2D eigenvalue weighted by Crippen LogP contribution is 2.06. The minimum absolute atomic E-state index is 0.136. The molecule has 0 bridgehead atoms. The number of ether oxygens (including phenoxy) is 1. The van der Waals surface area contributed by atoms with Crippen LogP contribution < -0.4 is 0 Å². The highest BCUT2D eigenvalue weighted by Gasteiger charge is 2.12. The summed E-state index contributed by atoms with van der Waals surface area (Å²) in [5.74, 6) is -0.205. The molecule has 1 aromatic rings. The SMILES string of the molecule is O=[N+]([O-])c1nccn1COC/C=C/[125I]. The number of nitro groups is 1. The maximum Gasteiger partial charge on any atom is 0.436 e. The van der Waals surface area contributed by atoms with Gasteiger partial charge in [-0.3, -0.25) is 0 Å². The Morgan fingerprint density at radius 1 is 1.79 bits per heavy atom. The summed E-state index contributed by atoms with van der Waals surface area (Å²) in [4.78, 5) is 13.5. The molecule has 0 radical (unpaired) electrons. The van der Waals surface area contributed by atoms with Crippen molar-refractivity contribution >= 4 is 28.5 Å². The van der Waals surface area contributed by atoms with Crippen molar-refractivity contribution in [2.45, 2.75) is 6.73 Å². The second-order valence-electron chi connectivity index (χ2n) is 2.32. The first kappa shape index (κ1) is 11.1. The molecule has 0 amide bonds. The van der Waals surface area contributed by atoms with Gasteiger partial charge in [0.2, 0.25) is 0 Å². The van der Waals surface area contributed by atoms with Crippen LogP contribution >= 0.6 is 22.6 Å². The Morgan fingerprint density at radius 2 is 2.57 bits per heavy atom. The van der Waals surface area contributed by atoms with Crippen LogP contribution in [0.4, 0.5) is 5.95 Å². The Morgan fingerprint density at radius 3 is 3.21 bits per heavy atom. The van der Waals surface area contributed by atoms with E-state index in [4.69, 9.17) is 4.74 Å². The van der Waals surface area contributed by atoms with Gasteiger partial charge in [0.25, 0.3) is 0 Å². The van der Waals surface area contributed by atoms with E-state index in [1.54, 1.807) is 0 Å². The van der Waals surface area contributed by atoms with Crippen LogP contribution in [0.5, 0.6) is 0 Å². The smallest absolute Gasteiger partial charge is 0.390 e. The monoisotopic (exact) mass is 307 g/mol. The lowest BCUT2D eigenvalue weighted by atomic mass is 10.7. The normalized spacial score (nSPS) is 10.9. The summed E-state index contributed by atoms with van der Waals surface area (Å²) in [5.41, 5.74) is 0. The van der Waals surface area contributed by atoms with E-state index in [0.29, 0.717) is 6.61 Å². The zero-order chi connectivity index (χ0) is 10.4. The van der Waals surface area contributed by atoms with Gasteiger partial charge < -0.3 is 14.9 Å². The van der Waals surface area contributed by atoms with E-state index in [1.165, 1.54) is 17.0 Å². The molecule has 7 heteroatoms. The fourth-order valence-corrected chi connectivity index (χ4v) is 1.04. The van der Waals surface area contributed by atoms with E-state index in [1.807, 2.05) is 10.2 Å². The lowest BCUT2D eigenvalue weighted by Gasteiger charge is -2.00. The van der Waals surface area contributed by atoms with Gasteiger partial charge in [0, 0.05) is 0 Å². The van der Waals surface area contributed by atoms with Crippen LogP contribution in [-0.2, 0) is 11.5 Å². The molecular weight excluding hydrogens is 299 g/mol. The van der Waals surface area contributed by atoms with Gasteiger partial charge in [-0.1, -0.05) is 33.7 Å². The van der Waals surface area contributed by atoms with Crippen molar-refractivity contribution in [3.05, 3.63) is 32.7 Å². The van der Waals surface area contributed by atoms with Crippen LogP contribution in [-0.4, -0.2) is 21.1 Å². The number of halogens is 1. The van der Waals surface area contributed by atoms with Gasteiger partial charge in [-0.15, -0.1) is 0 Å². The largest absolute Gasteiger partial charge is 0.436 e. The molecule has 1 rings (SSSR count). The van der Waals surface area contributed by atoms with E-state index in [2.05, 4.69) is 27.6 Å². The van der Waals surface area contributed by atoms with E-state index < -0.39 is 4.92 Å². The predicted octanol–water partition coefficient (Wildman–Crippen LogP) is 1.71. The van der Waals surface area contributed by atoms with E-state index in [9.17, 15) is 10.1 Å². The van der Waals surface area contributed by atoms with Crippen molar-refractivity contribution < 1.29 is 9.66 Å². The summed E-state index contributed by atoms with van der Waals surface area (Å²) < 4.78 is 8.29. The molecule has 0 N–H and O–H groups in total. The molecule has 0 aliphatic rings. The fourth-order valence-electron chi connectivity index (χ4n) is 0.830. The van der Waals surface area contributed by atoms with Gasteiger partial charge in [-0.25, -0.2) is 4.57 Å². The molecule has 0 atom stereocenters. The highest BCUT2D eigenvalue weighted by atomic mass is 125. The number of aromatic nitrogens is 2. The third kappa shape index (κ3) is 3.07. The molecule has 0 aliphatic heterocycles. The Labute approximate surface area is 93.9 Å². The van der Waals surface area contributed by atoms with Crippen molar-refractivity contribution in [1.82, 2.24) is 9.55 Å². The van der Waals surface area contributed by atoms with Crippen LogP contribution in [0.2, 0.25) is 0 Å². The Balaban J connectivity index is 2.50. The molecular formula is C7H8IN3O3. The highest BCUT2D eigenvalue weighted by molar-refractivity contribution is 14.1. The molecule has 76 valence electrons. The average Bonchev–Trinajstić information content (AvgIpc) is 2.60. The molecule has 1 heterocycles. The van der Waals surface area contributed by atoms with Crippen LogP contribution in [0, 0.1) is 10.1 Å². The van der Waals surface area contributed by atoms with Crippen molar-refractivity contribution in [2.24, 2.45) is 0 Å². The van der Waals surface area contributed by atoms with Gasteiger partial charge in [0.1, 0.15) is 12.4 Å². The third-order valence-corrected chi connectivity index (χ3v) is 1.90. The average molecular weight is 307 g/mol. The summed E-state index contributed by atoms with van der Waals surface area (Å²) >= 11 is 2.07. The van der Waals surface area contributed by atoms with Crippen LogP contribution in [0.1, 0.15) is 0 Å². The molecule has 0 unspecified atom stereocenters. The van der Waals surface area contributed by atoms with Crippen LogP contribution in [0.15, 0.2) is 22.6 Å². The Kier molecular flexibility index (Phi) is 4.53. The minimum atomic E-state index is -0.544.